The molecule has 0 spiro atoms. The summed E-state index contributed by atoms with van der Waals surface area (Å²) in [7, 11) is 0. The maximum atomic E-state index is 6.09. The van der Waals surface area contributed by atoms with Gasteiger partial charge in [0.2, 0.25) is 5.89 Å². The Kier molecular flexibility index (Phi) is 5.47. The van der Waals surface area contributed by atoms with Crippen LogP contribution < -0.4 is 9.47 Å². The Balaban J connectivity index is 1.23. The first kappa shape index (κ1) is 20.2. The van der Waals surface area contributed by atoms with E-state index in [1.54, 1.807) is 0 Å². The fraction of sp³-hybridized carbons (Fsp3) is 0.444. The number of ether oxygens (including phenoxy) is 2. The summed E-state index contributed by atoms with van der Waals surface area (Å²) < 4.78 is 17.7. The molecule has 0 radical (unpaired) electrons. The van der Waals surface area contributed by atoms with E-state index in [0.717, 1.165) is 60.3 Å². The molecule has 4 nitrogen and oxygen atoms in total. The van der Waals surface area contributed by atoms with E-state index < -0.39 is 0 Å². The molecule has 162 valence electrons. The maximum Gasteiger partial charge on any atom is 0.226 e. The minimum atomic E-state index is 0.591. The standard InChI is InChI=1S/C27H31NO3/c1-4-17(2)23-9-7-20-15-22(8-10-24(20)23)29-14-12-25-18(3)31-27(28-25)21-6-5-19-11-13-30-26(19)16-21/h5-6,8,10,15-17,23H,4,7,9,11-14H2,1-3H3. The molecule has 0 bridgehead atoms. The van der Waals surface area contributed by atoms with Crippen LogP contribution in [0.5, 0.6) is 11.5 Å². The molecular formula is C27H31NO3. The number of rotatable bonds is 7. The van der Waals surface area contributed by atoms with E-state index in [1.165, 1.54) is 29.5 Å². The summed E-state index contributed by atoms with van der Waals surface area (Å²) in [6.07, 6.45) is 5.37. The molecule has 0 fully saturated rings. The summed E-state index contributed by atoms with van der Waals surface area (Å²) in [6, 6.07) is 12.9. The number of aryl methyl sites for hydroxylation is 2. The Labute approximate surface area is 184 Å². The summed E-state index contributed by atoms with van der Waals surface area (Å²) in [5, 5.41) is 0. The molecule has 0 amide bonds. The molecule has 2 unspecified atom stereocenters. The van der Waals surface area contributed by atoms with E-state index in [1.807, 2.05) is 13.0 Å². The quantitative estimate of drug-likeness (QED) is 0.454. The van der Waals surface area contributed by atoms with Gasteiger partial charge in [-0.05, 0) is 72.6 Å². The van der Waals surface area contributed by atoms with Crippen molar-refractivity contribution in [2.75, 3.05) is 13.2 Å². The molecule has 31 heavy (non-hydrogen) atoms. The van der Waals surface area contributed by atoms with Crippen molar-refractivity contribution in [1.29, 1.82) is 0 Å². The van der Waals surface area contributed by atoms with Gasteiger partial charge in [-0.15, -0.1) is 0 Å². The minimum absolute atomic E-state index is 0.591. The topological polar surface area (TPSA) is 44.5 Å². The lowest BCUT2D eigenvalue weighted by Crippen LogP contribution is -2.06. The summed E-state index contributed by atoms with van der Waals surface area (Å²) in [5.41, 5.74) is 6.16. The van der Waals surface area contributed by atoms with Gasteiger partial charge in [-0.3, -0.25) is 0 Å². The first-order valence-electron chi connectivity index (χ1n) is 11.6. The van der Waals surface area contributed by atoms with Crippen LogP contribution in [0.4, 0.5) is 0 Å². The van der Waals surface area contributed by atoms with Crippen LogP contribution >= 0.6 is 0 Å². The molecule has 2 aromatic carbocycles. The highest BCUT2D eigenvalue weighted by atomic mass is 16.5. The summed E-state index contributed by atoms with van der Waals surface area (Å²) in [4.78, 5) is 4.73. The van der Waals surface area contributed by atoms with E-state index in [9.17, 15) is 0 Å². The summed E-state index contributed by atoms with van der Waals surface area (Å²) >= 11 is 0. The van der Waals surface area contributed by atoms with Crippen molar-refractivity contribution in [3.05, 3.63) is 64.5 Å². The summed E-state index contributed by atoms with van der Waals surface area (Å²) in [6.45, 7) is 7.98. The SMILES string of the molecule is CCC(C)C1CCc2cc(OCCc3nc(-c4ccc5c(c4)OCC5)oc3C)ccc21. The molecule has 4 heteroatoms. The highest BCUT2D eigenvalue weighted by Crippen LogP contribution is 2.40. The van der Waals surface area contributed by atoms with Crippen molar-refractivity contribution in [2.45, 2.75) is 58.8 Å². The molecule has 0 N–H and O–H groups in total. The van der Waals surface area contributed by atoms with Gasteiger partial charge in [0.15, 0.2) is 0 Å². The molecular weight excluding hydrogens is 386 g/mol. The van der Waals surface area contributed by atoms with Gasteiger partial charge >= 0.3 is 0 Å². The normalized spacial score (nSPS) is 17.8. The maximum absolute atomic E-state index is 6.09. The van der Waals surface area contributed by atoms with E-state index in [-0.39, 0.29) is 0 Å². The molecule has 1 aliphatic heterocycles. The van der Waals surface area contributed by atoms with Crippen molar-refractivity contribution in [3.8, 4) is 23.0 Å². The molecule has 2 heterocycles. The van der Waals surface area contributed by atoms with E-state index >= 15 is 0 Å². The van der Waals surface area contributed by atoms with Crippen LogP contribution in [0.2, 0.25) is 0 Å². The second kappa shape index (κ2) is 8.41. The zero-order valence-corrected chi connectivity index (χ0v) is 18.7. The van der Waals surface area contributed by atoms with Crippen molar-refractivity contribution < 1.29 is 13.9 Å². The predicted octanol–water partition coefficient (Wildman–Crippen LogP) is 6.28. The third-order valence-electron chi connectivity index (χ3n) is 7.01. The Morgan fingerprint density at radius 2 is 2.03 bits per heavy atom. The van der Waals surface area contributed by atoms with E-state index in [4.69, 9.17) is 18.9 Å². The van der Waals surface area contributed by atoms with Gasteiger partial charge < -0.3 is 13.9 Å². The Morgan fingerprint density at radius 1 is 1.13 bits per heavy atom. The molecule has 2 atom stereocenters. The second-order valence-corrected chi connectivity index (χ2v) is 8.93. The molecule has 5 rings (SSSR count). The van der Waals surface area contributed by atoms with Crippen LogP contribution in [-0.4, -0.2) is 18.2 Å². The number of aromatic nitrogens is 1. The van der Waals surface area contributed by atoms with Crippen LogP contribution in [0.15, 0.2) is 40.8 Å². The smallest absolute Gasteiger partial charge is 0.226 e. The Hall–Kier alpha value is -2.75. The molecule has 1 aliphatic carbocycles. The van der Waals surface area contributed by atoms with E-state index in [2.05, 4.69) is 44.2 Å². The number of benzene rings is 2. The van der Waals surface area contributed by atoms with Gasteiger partial charge in [-0.25, -0.2) is 4.98 Å². The fourth-order valence-corrected chi connectivity index (χ4v) is 4.94. The first-order chi connectivity index (χ1) is 15.1. The molecule has 3 aromatic rings. The summed E-state index contributed by atoms with van der Waals surface area (Å²) in [5.74, 6) is 4.86. The van der Waals surface area contributed by atoms with Crippen LogP contribution in [-0.2, 0) is 19.3 Å². The van der Waals surface area contributed by atoms with Crippen LogP contribution in [0.3, 0.4) is 0 Å². The van der Waals surface area contributed by atoms with Gasteiger partial charge in [0, 0.05) is 18.4 Å². The van der Waals surface area contributed by atoms with Gasteiger partial charge in [0.25, 0.3) is 0 Å². The van der Waals surface area contributed by atoms with Gasteiger partial charge in [-0.2, -0.15) is 0 Å². The number of hydrogen-bond donors (Lipinski definition) is 0. The Morgan fingerprint density at radius 3 is 2.90 bits per heavy atom. The lowest BCUT2D eigenvalue weighted by atomic mass is 9.87. The third-order valence-corrected chi connectivity index (χ3v) is 7.01. The highest BCUT2D eigenvalue weighted by molar-refractivity contribution is 5.59. The van der Waals surface area contributed by atoms with Crippen molar-refractivity contribution in [2.24, 2.45) is 5.92 Å². The number of nitrogens with zero attached hydrogens (tertiary/aromatic N) is 1. The third kappa shape index (κ3) is 3.96. The Bertz CT molecular complexity index is 1080. The minimum Gasteiger partial charge on any atom is -0.493 e. The average Bonchev–Trinajstić information content (AvgIpc) is 3.51. The highest BCUT2D eigenvalue weighted by Gasteiger charge is 2.26. The van der Waals surface area contributed by atoms with Gasteiger partial charge in [0.1, 0.15) is 17.3 Å². The fourth-order valence-electron chi connectivity index (χ4n) is 4.94. The second-order valence-electron chi connectivity index (χ2n) is 8.93. The van der Waals surface area contributed by atoms with Crippen LogP contribution in [0.1, 0.15) is 60.8 Å². The lowest BCUT2D eigenvalue weighted by Gasteiger charge is -2.18. The number of fused-ring (bicyclic) bond motifs is 2. The van der Waals surface area contributed by atoms with Gasteiger partial charge in [-0.1, -0.05) is 32.4 Å². The number of hydrogen-bond acceptors (Lipinski definition) is 4. The first-order valence-corrected chi connectivity index (χ1v) is 11.6. The van der Waals surface area contributed by atoms with Gasteiger partial charge in [0.05, 0.1) is 18.9 Å². The predicted molar refractivity (Wildman–Crippen MR) is 122 cm³/mol. The molecule has 0 saturated carbocycles. The molecule has 1 aromatic heterocycles. The zero-order chi connectivity index (χ0) is 21.4. The van der Waals surface area contributed by atoms with Crippen molar-refractivity contribution >= 4 is 0 Å². The molecule has 2 aliphatic rings. The van der Waals surface area contributed by atoms with Crippen molar-refractivity contribution in [3.63, 3.8) is 0 Å². The van der Waals surface area contributed by atoms with Crippen molar-refractivity contribution in [1.82, 2.24) is 4.98 Å². The van der Waals surface area contributed by atoms with Crippen LogP contribution in [0, 0.1) is 12.8 Å². The van der Waals surface area contributed by atoms with E-state index in [0.29, 0.717) is 18.4 Å². The van der Waals surface area contributed by atoms with Crippen LogP contribution in [0.25, 0.3) is 11.5 Å². The zero-order valence-electron chi connectivity index (χ0n) is 18.7. The lowest BCUT2D eigenvalue weighted by molar-refractivity contribution is 0.319. The monoisotopic (exact) mass is 417 g/mol. The average molecular weight is 418 g/mol. The number of oxazole rings is 1. The molecule has 0 saturated heterocycles. The largest absolute Gasteiger partial charge is 0.493 e.